The highest BCUT2D eigenvalue weighted by atomic mass is 16.5. The Kier molecular flexibility index (Phi) is 4.35. The van der Waals surface area contributed by atoms with Gasteiger partial charge in [0, 0.05) is 19.5 Å². The second kappa shape index (κ2) is 5.32. The summed E-state index contributed by atoms with van der Waals surface area (Å²) < 4.78 is 5.28. The number of carbonyl (C=O) groups excluding carboxylic acids is 1. The second-order valence-corrected chi connectivity index (χ2v) is 4.15. The summed E-state index contributed by atoms with van der Waals surface area (Å²) in [6, 6.07) is 0.0787. The van der Waals surface area contributed by atoms with Crippen molar-refractivity contribution in [2.75, 3.05) is 26.3 Å². The minimum Gasteiger partial charge on any atom is -0.377 e. The summed E-state index contributed by atoms with van der Waals surface area (Å²) in [6.07, 6.45) is 0.608. The molecule has 4 nitrogen and oxygen atoms in total. The van der Waals surface area contributed by atoms with Gasteiger partial charge in [0.2, 0.25) is 5.91 Å². The van der Waals surface area contributed by atoms with Gasteiger partial charge in [0.25, 0.3) is 0 Å². The van der Waals surface area contributed by atoms with Gasteiger partial charge in [0.05, 0.1) is 19.3 Å². The molecule has 0 aromatic heterocycles. The van der Waals surface area contributed by atoms with E-state index in [1.165, 1.54) is 0 Å². The van der Waals surface area contributed by atoms with Gasteiger partial charge in [-0.3, -0.25) is 4.79 Å². The molecular weight excluding hydrogens is 180 g/mol. The van der Waals surface area contributed by atoms with Gasteiger partial charge in [0.1, 0.15) is 0 Å². The molecule has 1 fully saturated rings. The maximum atomic E-state index is 11.8. The monoisotopic (exact) mass is 200 g/mol. The lowest BCUT2D eigenvalue weighted by atomic mass is 10.1. The number of ether oxygens (including phenoxy) is 1. The molecule has 1 unspecified atom stereocenters. The van der Waals surface area contributed by atoms with E-state index in [9.17, 15) is 4.79 Å². The molecule has 4 heteroatoms. The van der Waals surface area contributed by atoms with Gasteiger partial charge in [0.15, 0.2) is 0 Å². The Balaban J connectivity index is 2.50. The zero-order valence-corrected chi connectivity index (χ0v) is 9.03. The molecule has 1 atom stereocenters. The smallest absolute Gasteiger partial charge is 0.223 e. The Hall–Kier alpha value is -0.610. The van der Waals surface area contributed by atoms with Crippen LogP contribution in [-0.2, 0) is 9.53 Å². The molecule has 1 saturated heterocycles. The van der Waals surface area contributed by atoms with Crippen molar-refractivity contribution in [2.24, 2.45) is 11.7 Å². The molecule has 1 aliphatic heterocycles. The number of amides is 1. The van der Waals surface area contributed by atoms with Crippen molar-refractivity contribution < 1.29 is 9.53 Å². The van der Waals surface area contributed by atoms with Crippen molar-refractivity contribution >= 4 is 5.91 Å². The summed E-state index contributed by atoms with van der Waals surface area (Å²) in [7, 11) is 0. The molecule has 1 amide bonds. The summed E-state index contributed by atoms with van der Waals surface area (Å²) in [5, 5.41) is 0. The Morgan fingerprint density at radius 3 is 2.93 bits per heavy atom. The van der Waals surface area contributed by atoms with Gasteiger partial charge in [-0.2, -0.15) is 0 Å². The lowest BCUT2D eigenvalue weighted by molar-refractivity contribution is -0.140. The normalized spacial score (nSPS) is 22.9. The van der Waals surface area contributed by atoms with E-state index in [0.717, 1.165) is 0 Å². The third-order valence-electron chi connectivity index (χ3n) is 2.40. The second-order valence-electron chi connectivity index (χ2n) is 4.15. The SMILES string of the molecule is CC(C)CC(=O)N1CCOCC1CN. The van der Waals surface area contributed by atoms with Crippen LogP contribution >= 0.6 is 0 Å². The Morgan fingerprint density at radius 1 is 1.64 bits per heavy atom. The molecule has 0 bridgehead atoms. The number of carbonyl (C=O) groups is 1. The number of rotatable bonds is 3. The van der Waals surface area contributed by atoms with E-state index in [-0.39, 0.29) is 11.9 Å². The van der Waals surface area contributed by atoms with Crippen LogP contribution in [0.2, 0.25) is 0 Å². The Bertz CT molecular complexity index is 195. The molecule has 1 rings (SSSR count). The predicted octanol–water partition coefficient (Wildman–Crippen LogP) is 0.219. The number of nitrogens with zero attached hydrogens (tertiary/aromatic N) is 1. The molecule has 0 aromatic carbocycles. The number of morpholine rings is 1. The van der Waals surface area contributed by atoms with Crippen LogP contribution in [-0.4, -0.2) is 43.2 Å². The maximum Gasteiger partial charge on any atom is 0.223 e. The van der Waals surface area contributed by atoms with Crippen LogP contribution in [0.1, 0.15) is 20.3 Å². The van der Waals surface area contributed by atoms with E-state index in [4.69, 9.17) is 10.5 Å². The summed E-state index contributed by atoms with van der Waals surface area (Å²) >= 11 is 0. The van der Waals surface area contributed by atoms with E-state index >= 15 is 0 Å². The predicted molar refractivity (Wildman–Crippen MR) is 54.8 cm³/mol. The molecule has 0 radical (unpaired) electrons. The van der Waals surface area contributed by atoms with E-state index in [1.807, 2.05) is 4.90 Å². The zero-order chi connectivity index (χ0) is 10.6. The van der Waals surface area contributed by atoms with Gasteiger partial charge >= 0.3 is 0 Å². The van der Waals surface area contributed by atoms with Crippen molar-refractivity contribution in [3.63, 3.8) is 0 Å². The van der Waals surface area contributed by atoms with Crippen LogP contribution in [0.25, 0.3) is 0 Å². The third kappa shape index (κ3) is 2.96. The highest BCUT2D eigenvalue weighted by Gasteiger charge is 2.26. The molecule has 0 aromatic rings. The van der Waals surface area contributed by atoms with Crippen LogP contribution in [0.3, 0.4) is 0 Å². The topological polar surface area (TPSA) is 55.6 Å². The van der Waals surface area contributed by atoms with Gasteiger partial charge < -0.3 is 15.4 Å². The molecule has 1 heterocycles. The summed E-state index contributed by atoms with van der Waals surface area (Å²) in [4.78, 5) is 13.7. The highest BCUT2D eigenvalue weighted by Crippen LogP contribution is 2.10. The van der Waals surface area contributed by atoms with E-state index in [2.05, 4.69) is 13.8 Å². The first-order valence-electron chi connectivity index (χ1n) is 5.22. The average molecular weight is 200 g/mol. The minimum atomic E-state index is 0.0787. The average Bonchev–Trinajstić information content (AvgIpc) is 2.16. The van der Waals surface area contributed by atoms with Crippen LogP contribution < -0.4 is 5.73 Å². The van der Waals surface area contributed by atoms with Gasteiger partial charge in [-0.25, -0.2) is 0 Å². The van der Waals surface area contributed by atoms with Gasteiger partial charge in [-0.15, -0.1) is 0 Å². The molecule has 0 spiro atoms. The van der Waals surface area contributed by atoms with Crippen molar-refractivity contribution in [1.82, 2.24) is 4.90 Å². The largest absolute Gasteiger partial charge is 0.377 e. The number of hydrogen-bond acceptors (Lipinski definition) is 3. The Labute approximate surface area is 85.4 Å². The summed E-state index contributed by atoms with van der Waals surface area (Å²) in [5.74, 6) is 0.613. The molecule has 0 saturated carbocycles. The van der Waals surface area contributed by atoms with Crippen molar-refractivity contribution in [3.8, 4) is 0 Å². The lowest BCUT2D eigenvalue weighted by Gasteiger charge is -2.35. The molecule has 82 valence electrons. The highest BCUT2D eigenvalue weighted by molar-refractivity contribution is 5.76. The number of nitrogens with two attached hydrogens (primary N) is 1. The molecular formula is C10H20N2O2. The van der Waals surface area contributed by atoms with Crippen molar-refractivity contribution in [2.45, 2.75) is 26.3 Å². The lowest BCUT2D eigenvalue weighted by Crippen LogP contribution is -2.52. The van der Waals surface area contributed by atoms with Crippen LogP contribution in [0.15, 0.2) is 0 Å². The fraction of sp³-hybridized carbons (Fsp3) is 0.900. The first-order valence-corrected chi connectivity index (χ1v) is 5.22. The fourth-order valence-corrected chi connectivity index (χ4v) is 1.64. The van der Waals surface area contributed by atoms with E-state index in [1.54, 1.807) is 0 Å². The Morgan fingerprint density at radius 2 is 2.36 bits per heavy atom. The summed E-state index contributed by atoms with van der Waals surface area (Å²) in [5.41, 5.74) is 5.59. The standard InChI is InChI=1S/C10H20N2O2/c1-8(2)5-10(13)12-3-4-14-7-9(12)6-11/h8-9H,3-7,11H2,1-2H3. The zero-order valence-electron chi connectivity index (χ0n) is 9.03. The van der Waals surface area contributed by atoms with Crippen LogP contribution in [0.4, 0.5) is 0 Å². The van der Waals surface area contributed by atoms with Crippen LogP contribution in [0.5, 0.6) is 0 Å². The van der Waals surface area contributed by atoms with Crippen molar-refractivity contribution in [1.29, 1.82) is 0 Å². The fourth-order valence-electron chi connectivity index (χ4n) is 1.64. The van der Waals surface area contributed by atoms with Gasteiger partial charge in [-0.1, -0.05) is 13.8 Å². The maximum absolute atomic E-state index is 11.8. The minimum absolute atomic E-state index is 0.0787. The quantitative estimate of drug-likeness (QED) is 0.709. The molecule has 2 N–H and O–H groups in total. The van der Waals surface area contributed by atoms with Crippen molar-refractivity contribution in [3.05, 3.63) is 0 Å². The first kappa shape index (κ1) is 11.5. The third-order valence-corrected chi connectivity index (χ3v) is 2.40. The molecule has 0 aliphatic carbocycles. The first-order chi connectivity index (χ1) is 6.65. The molecule has 1 aliphatic rings. The van der Waals surface area contributed by atoms with E-state index < -0.39 is 0 Å². The summed E-state index contributed by atoms with van der Waals surface area (Å²) in [6.45, 7) is 6.50. The number of hydrogen-bond donors (Lipinski definition) is 1. The van der Waals surface area contributed by atoms with Gasteiger partial charge in [-0.05, 0) is 5.92 Å². The van der Waals surface area contributed by atoms with E-state index in [0.29, 0.717) is 38.6 Å². The molecule has 14 heavy (non-hydrogen) atoms. The van der Waals surface area contributed by atoms with Crippen LogP contribution in [0, 0.1) is 5.92 Å².